The standard InChI is InChI=1S/C12H17NO/c1-2-11-10(7-8-14-11)12(13)9-5-3-4-6-9/h5,7-8,12H,2-4,6,13H2,1H3. The van der Waals surface area contributed by atoms with E-state index in [1.165, 1.54) is 24.0 Å². The second kappa shape index (κ2) is 4.01. The molecule has 0 aliphatic heterocycles. The van der Waals surface area contributed by atoms with E-state index in [2.05, 4.69) is 13.0 Å². The lowest BCUT2D eigenvalue weighted by molar-refractivity contribution is 0.508. The highest BCUT2D eigenvalue weighted by Gasteiger charge is 2.18. The molecule has 2 rings (SSSR count). The first-order chi connectivity index (χ1) is 6.83. The first kappa shape index (κ1) is 9.53. The third kappa shape index (κ3) is 1.62. The fourth-order valence-corrected chi connectivity index (χ4v) is 2.09. The summed E-state index contributed by atoms with van der Waals surface area (Å²) in [5.41, 5.74) is 8.74. The van der Waals surface area contributed by atoms with Crippen molar-refractivity contribution < 1.29 is 4.42 Å². The van der Waals surface area contributed by atoms with Gasteiger partial charge >= 0.3 is 0 Å². The molecular formula is C12H17NO. The van der Waals surface area contributed by atoms with E-state index in [9.17, 15) is 0 Å². The predicted octanol–water partition coefficient (Wildman–Crippen LogP) is 2.95. The molecule has 1 aromatic rings. The minimum absolute atomic E-state index is 0.0613. The van der Waals surface area contributed by atoms with Crippen LogP contribution in [0.2, 0.25) is 0 Å². The maximum atomic E-state index is 6.19. The molecule has 2 N–H and O–H groups in total. The van der Waals surface area contributed by atoms with E-state index in [0.29, 0.717) is 0 Å². The average molecular weight is 191 g/mol. The van der Waals surface area contributed by atoms with Gasteiger partial charge in [-0.15, -0.1) is 0 Å². The van der Waals surface area contributed by atoms with E-state index in [1.807, 2.05) is 6.07 Å². The molecule has 2 heteroatoms. The zero-order valence-electron chi connectivity index (χ0n) is 8.62. The van der Waals surface area contributed by atoms with Crippen molar-refractivity contribution in [2.24, 2.45) is 5.73 Å². The normalized spacial score (nSPS) is 18.3. The van der Waals surface area contributed by atoms with Crippen LogP contribution in [0.3, 0.4) is 0 Å². The largest absolute Gasteiger partial charge is 0.469 e. The van der Waals surface area contributed by atoms with Gasteiger partial charge in [0.25, 0.3) is 0 Å². The Morgan fingerprint density at radius 1 is 1.57 bits per heavy atom. The first-order valence-electron chi connectivity index (χ1n) is 5.33. The summed E-state index contributed by atoms with van der Waals surface area (Å²) in [6.07, 6.45) is 8.52. The van der Waals surface area contributed by atoms with E-state index < -0.39 is 0 Å². The van der Waals surface area contributed by atoms with Crippen molar-refractivity contribution in [1.29, 1.82) is 0 Å². The summed E-state index contributed by atoms with van der Waals surface area (Å²) in [7, 11) is 0. The maximum Gasteiger partial charge on any atom is 0.108 e. The van der Waals surface area contributed by atoms with Crippen LogP contribution in [-0.2, 0) is 6.42 Å². The minimum Gasteiger partial charge on any atom is -0.469 e. The third-order valence-electron chi connectivity index (χ3n) is 2.91. The van der Waals surface area contributed by atoms with Crippen molar-refractivity contribution in [3.63, 3.8) is 0 Å². The summed E-state index contributed by atoms with van der Waals surface area (Å²) in [6.45, 7) is 2.10. The molecule has 0 radical (unpaired) electrons. The molecular weight excluding hydrogens is 174 g/mol. The van der Waals surface area contributed by atoms with E-state index in [-0.39, 0.29) is 6.04 Å². The van der Waals surface area contributed by atoms with Crippen molar-refractivity contribution in [2.45, 2.75) is 38.6 Å². The second-order valence-electron chi connectivity index (χ2n) is 3.80. The SMILES string of the molecule is CCc1occc1C(N)C1=CCCC1. The van der Waals surface area contributed by atoms with Gasteiger partial charge in [0.05, 0.1) is 12.3 Å². The van der Waals surface area contributed by atoms with Gasteiger partial charge in [-0.05, 0) is 25.3 Å². The topological polar surface area (TPSA) is 39.2 Å². The van der Waals surface area contributed by atoms with E-state index in [1.54, 1.807) is 6.26 Å². The van der Waals surface area contributed by atoms with Gasteiger partial charge in [-0.25, -0.2) is 0 Å². The lowest BCUT2D eigenvalue weighted by atomic mass is 9.99. The lowest BCUT2D eigenvalue weighted by Crippen LogP contribution is -2.12. The zero-order valence-corrected chi connectivity index (χ0v) is 8.62. The Morgan fingerprint density at radius 2 is 2.43 bits per heavy atom. The molecule has 0 saturated carbocycles. The quantitative estimate of drug-likeness (QED) is 0.746. The number of furan rings is 1. The highest BCUT2D eigenvalue weighted by atomic mass is 16.3. The minimum atomic E-state index is 0.0613. The molecule has 0 aromatic carbocycles. The van der Waals surface area contributed by atoms with E-state index in [4.69, 9.17) is 10.2 Å². The Morgan fingerprint density at radius 3 is 3.07 bits per heavy atom. The van der Waals surface area contributed by atoms with Crippen LogP contribution in [0.1, 0.15) is 43.6 Å². The van der Waals surface area contributed by atoms with Gasteiger partial charge in [-0.1, -0.05) is 18.6 Å². The monoisotopic (exact) mass is 191 g/mol. The highest BCUT2D eigenvalue weighted by Crippen LogP contribution is 2.31. The molecule has 1 heterocycles. The van der Waals surface area contributed by atoms with Crippen molar-refractivity contribution in [3.8, 4) is 0 Å². The molecule has 0 spiro atoms. The zero-order chi connectivity index (χ0) is 9.97. The molecule has 14 heavy (non-hydrogen) atoms. The molecule has 2 nitrogen and oxygen atoms in total. The Balaban J connectivity index is 2.21. The molecule has 76 valence electrons. The second-order valence-corrected chi connectivity index (χ2v) is 3.80. The van der Waals surface area contributed by atoms with Crippen LogP contribution in [0.15, 0.2) is 28.4 Å². The van der Waals surface area contributed by atoms with Gasteiger partial charge in [0.15, 0.2) is 0 Å². The molecule has 0 amide bonds. The van der Waals surface area contributed by atoms with Crippen LogP contribution in [0.4, 0.5) is 0 Å². The number of nitrogens with two attached hydrogens (primary N) is 1. The fourth-order valence-electron chi connectivity index (χ4n) is 2.09. The summed E-state index contributed by atoms with van der Waals surface area (Å²) in [5.74, 6) is 1.03. The Kier molecular flexibility index (Phi) is 2.73. The Labute approximate surface area is 84.8 Å². The van der Waals surface area contributed by atoms with Gasteiger partial charge in [0.1, 0.15) is 5.76 Å². The Bertz CT molecular complexity index is 338. The number of hydrogen-bond donors (Lipinski definition) is 1. The number of rotatable bonds is 3. The van der Waals surface area contributed by atoms with Crippen molar-refractivity contribution in [2.75, 3.05) is 0 Å². The average Bonchev–Trinajstić information content (AvgIpc) is 2.87. The molecule has 0 bridgehead atoms. The lowest BCUT2D eigenvalue weighted by Gasteiger charge is -2.12. The fraction of sp³-hybridized carbons (Fsp3) is 0.500. The number of hydrogen-bond acceptors (Lipinski definition) is 2. The molecule has 0 fully saturated rings. The molecule has 1 aromatic heterocycles. The van der Waals surface area contributed by atoms with Gasteiger partial charge in [-0.2, -0.15) is 0 Å². The van der Waals surface area contributed by atoms with Crippen LogP contribution >= 0.6 is 0 Å². The van der Waals surface area contributed by atoms with Crippen LogP contribution in [0.5, 0.6) is 0 Å². The first-order valence-corrected chi connectivity index (χ1v) is 5.33. The smallest absolute Gasteiger partial charge is 0.108 e. The maximum absolute atomic E-state index is 6.19. The summed E-state index contributed by atoms with van der Waals surface area (Å²) < 4.78 is 5.39. The highest BCUT2D eigenvalue weighted by molar-refractivity contribution is 5.30. The molecule has 1 aliphatic carbocycles. The van der Waals surface area contributed by atoms with Crippen LogP contribution in [0.25, 0.3) is 0 Å². The van der Waals surface area contributed by atoms with Crippen LogP contribution in [0, 0.1) is 0 Å². The van der Waals surface area contributed by atoms with Gasteiger partial charge in [-0.3, -0.25) is 0 Å². The Hall–Kier alpha value is -1.02. The predicted molar refractivity (Wildman–Crippen MR) is 56.9 cm³/mol. The molecule has 1 unspecified atom stereocenters. The van der Waals surface area contributed by atoms with Crippen molar-refractivity contribution in [3.05, 3.63) is 35.3 Å². The van der Waals surface area contributed by atoms with Gasteiger partial charge in [0, 0.05) is 12.0 Å². The van der Waals surface area contributed by atoms with E-state index >= 15 is 0 Å². The number of aryl methyl sites for hydroxylation is 1. The van der Waals surface area contributed by atoms with Gasteiger partial charge < -0.3 is 10.2 Å². The van der Waals surface area contributed by atoms with Gasteiger partial charge in [0.2, 0.25) is 0 Å². The molecule has 1 aliphatic rings. The summed E-state index contributed by atoms with van der Waals surface area (Å²) >= 11 is 0. The molecule has 1 atom stereocenters. The summed E-state index contributed by atoms with van der Waals surface area (Å²) in [4.78, 5) is 0. The van der Waals surface area contributed by atoms with E-state index in [0.717, 1.165) is 18.6 Å². The van der Waals surface area contributed by atoms with Crippen LogP contribution in [-0.4, -0.2) is 0 Å². The summed E-state index contributed by atoms with van der Waals surface area (Å²) in [6, 6.07) is 2.06. The van der Waals surface area contributed by atoms with Crippen LogP contribution < -0.4 is 5.73 Å². The third-order valence-corrected chi connectivity index (χ3v) is 2.91. The van der Waals surface area contributed by atoms with Crippen molar-refractivity contribution >= 4 is 0 Å². The number of allylic oxidation sites excluding steroid dienone is 1. The van der Waals surface area contributed by atoms with Crippen molar-refractivity contribution in [1.82, 2.24) is 0 Å². The molecule has 0 saturated heterocycles. The summed E-state index contributed by atoms with van der Waals surface area (Å²) in [5, 5.41) is 0.